The molecular formula is C32H36ClNO2S. The Morgan fingerprint density at radius 3 is 2.30 bits per heavy atom. The van der Waals surface area contributed by atoms with E-state index in [9.17, 15) is 10.1 Å². The molecule has 3 aromatic rings. The fourth-order valence-electron chi connectivity index (χ4n) is 3.86. The average Bonchev–Trinajstić information content (AvgIpc) is 2.90. The number of rotatable bonds is 11. The third-order valence-electron chi connectivity index (χ3n) is 6.07. The van der Waals surface area contributed by atoms with Crippen LogP contribution in [0.25, 0.3) is 0 Å². The van der Waals surface area contributed by atoms with Crippen molar-refractivity contribution in [2.75, 3.05) is 6.61 Å². The van der Waals surface area contributed by atoms with Crippen molar-refractivity contribution in [3.63, 3.8) is 0 Å². The van der Waals surface area contributed by atoms with Gasteiger partial charge >= 0.3 is 5.97 Å². The molecule has 0 spiro atoms. The van der Waals surface area contributed by atoms with Crippen LogP contribution in [0.1, 0.15) is 49.8 Å². The topological polar surface area (TPSA) is 50.1 Å². The fourth-order valence-corrected chi connectivity index (χ4v) is 5.05. The lowest BCUT2D eigenvalue weighted by atomic mass is 9.76. The normalized spacial score (nSPS) is 11.9. The van der Waals surface area contributed by atoms with Gasteiger partial charge < -0.3 is 4.74 Å². The molecule has 0 radical (unpaired) electrons. The Hall–Kier alpha value is -3.00. The number of nitriles is 1. The Labute approximate surface area is 231 Å². The molecule has 0 heterocycles. The van der Waals surface area contributed by atoms with Gasteiger partial charge in [-0.15, -0.1) is 6.58 Å². The van der Waals surface area contributed by atoms with Gasteiger partial charge in [-0.05, 0) is 74.9 Å². The van der Waals surface area contributed by atoms with E-state index in [0.29, 0.717) is 24.3 Å². The van der Waals surface area contributed by atoms with E-state index in [1.807, 2.05) is 24.3 Å². The molecule has 3 rings (SSSR count). The van der Waals surface area contributed by atoms with Crippen molar-refractivity contribution in [1.29, 1.82) is 5.26 Å². The van der Waals surface area contributed by atoms with E-state index in [4.69, 9.17) is 16.3 Å². The Morgan fingerprint density at radius 1 is 1.08 bits per heavy atom. The van der Waals surface area contributed by atoms with Gasteiger partial charge in [-0.1, -0.05) is 90.5 Å². The minimum atomic E-state index is -0.884. The predicted molar refractivity (Wildman–Crippen MR) is 155 cm³/mol. The molecular weight excluding hydrogens is 498 g/mol. The standard InChI is InChI=1S/C24H26ClNO2S.C8H10/c1-4-13-24(15-16-26,23(27)28-5-2)14-12-19-8-11-21(17-22(19)25)29-20-9-6-18(3)7-10-20;1-2-8-6-4-3-5-7-8/h4,6-11,17H,1,5,12-15H2,2-3H3;3-7H,2H2,1H3. The molecule has 0 N–H and O–H groups in total. The zero-order valence-electron chi connectivity index (χ0n) is 22.0. The van der Waals surface area contributed by atoms with E-state index in [1.54, 1.807) is 24.8 Å². The van der Waals surface area contributed by atoms with Crippen molar-refractivity contribution in [2.45, 2.75) is 62.7 Å². The predicted octanol–water partition coefficient (Wildman–Crippen LogP) is 9.02. The molecule has 0 fully saturated rings. The van der Waals surface area contributed by atoms with E-state index >= 15 is 0 Å². The van der Waals surface area contributed by atoms with Gasteiger partial charge in [0.1, 0.15) is 0 Å². The van der Waals surface area contributed by atoms with E-state index in [0.717, 1.165) is 21.8 Å². The molecule has 194 valence electrons. The third-order valence-corrected chi connectivity index (χ3v) is 7.42. The Kier molecular flexibility index (Phi) is 13.0. The van der Waals surface area contributed by atoms with Gasteiger partial charge in [0, 0.05) is 14.8 Å². The number of aryl methyl sites for hydroxylation is 3. The van der Waals surface area contributed by atoms with Crippen molar-refractivity contribution in [1.82, 2.24) is 0 Å². The van der Waals surface area contributed by atoms with Crippen LogP contribution in [0, 0.1) is 23.7 Å². The Morgan fingerprint density at radius 2 is 1.76 bits per heavy atom. The lowest BCUT2D eigenvalue weighted by molar-refractivity contribution is -0.155. The van der Waals surface area contributed by atoms with Crippen molar-refractivity contribution in [3.8, 4) is 6.07 Å². The van der Waals surface area contributed by atoms with Crippen LogP contribution in [-0.4, -0.2) is 12.6 Å². The van der Waals surface area contributed by atoms with E-state index in [2.05, 4.69) is 75.0 Å². The van der Waals surface area contributed by atoms with Gasteiger partial charge in [-0.3, -0.25) is 4.79 Å². The zero-order chi connectivity index (χ0) is 27.1. The van der Waals surface area contributed by atoms with Crippen LogP contribution in [-0.2, 0) is 22.4 Å². The molecule has 0 saturated carbocycles. The lowest BCUT2D eigenvalue weighted by Crippen LogP contribution is -2.33. The van der Waals surface area contributed by atoms with Crippen molar-refractivity contribution in [3.05, 3.63) is 107 Å². The third kappa shape index (κ3) is 9.76. The molecule has 0 bridgehead atoms. The maximum absolute atomic E-state index is 12.6. The van der Waals surface area contributed by atoms with Crippen molar-refractivity contribution < 1.29 is 9.53 Å². The summed E-state index contributed by atoms with van der Waals surface area (Å²) in [6.07, 6.45) is 4.38. The van der Waals surface area contributed by atoms with Gasteiger partial charge in [0.15, 0.2) is 0 Å². The first kappa shape index (κ1) is 30.2. The number of allylic oxidation sites excluding steroid dienone is 1. The monoisotopic (exact) mass is 533 g/mol. The summed E-state index contributed by atoms with van der Waals surface area (Å²) in [4.78, 5) is 14.8. The average molecular weight is 534 g/mol. The van der Waals surface area contributed by atoms with Crippen LogP contribution in [0.15, 0.2) is 95.2 Å². The first-order valence-electron chi connectivity index (χ1n) is 12.6. The maximum Gasteiger partial charge on any atom is 0.313 e. The summed E-state index contributed by atoms with van der Waals surface area (Å²) in [6.45, 7) is 10.0. The summed E-state index contributed by atoms with van der Waals surface area (Å²) in [5, 5.41) is 9.93. The summed E-state index contributed by atoms with van der Waals surface area (Å²) < 4.78 is 5.25. The van der Waals surface area contributed by atoms with Gasteiger partial charge in [0.05, 0.1) is 24.5 Å². The van der Waals surface area contributed by atoms with E-state index < -0.39 is 5.41 Å². The fraction of sp³-hybridized carbons (Fsp3) is 0.312. The molecule has 0 aliphatic carbocycles. The number of carbonyl (C=O) groups excluding carboxylic acids is 1. The van der Waals surface area contributed by atoms with Gasteiger partial charge in [0.2, 0.25) is 0 Å². The van der Waals surface area contributed by atoms with Gasteiger partial charge in [0.25, 0.3) is 0 Å². The lowest BCUT2D eigenvalue weighted by Gasteiger charge is -2.28. The highest BCUT2D eigenvalue weighted by Gasteiger charge is 2.38. The number of carbonyl (C=O) groups is 1. The molecule has 0 aliphatic rings. The highest BCUT2D eigenvalue weighted by Crippen LogP contribution is 2.37. The molecule has 3 nitrogen and oxygen atoms in total. The summed E-state index contributed by atoms with van der Waals surface area (Å²) >= 11 is 8.19. The number of nitrogens with zero attached hydrogens (tertiary/aromatic N) is 1. The minimum absolute atomic E-state index is 0.0941. The van der Waals surface area contributed by atoms with E-state index in [-0.39, 0.29) is 19.0 Å². The summed E-state index contributed by atoms with van der Waals surface area (Å²) in [5.41, 5.74) is 2.71. The molecule has 0 saturated heterocycles. The zero-order valence-corrected chi connectivity index (χ0v) is 23.6. The number of esters is 1. The number of hydrogen-bond acceptors (Lipinski definition) is 4. The molecule has 1 unspecified atom stereocenters. The number of ether oxygens (including phenoxy) is 1. The molecule has 37 heavy (non-hydrogen) atoms. The number of benzene rings is 3. The molecule has 1 atom stereocenters. The second kappa shape index (κ2) is 16.0. The molecule has 0 aromatic heterocycles. The summed E-state index contributed by atoms with van der Waals surface area (Å²) in [6, 6.07) is 26.9. The van der Waals surface area contributed by atoms with Crippen molar-refractivity contribution >= 4 is 29.3 Å². The Balaban J connectivity index is 0.000000510. The van der Waals surface area contributed by atoms with Crippen LogP contribution in [0.2, 0.25) is 5.02 Å². The summed E-state index contributed by atoms with van der Waals surface area (Å²) in [7, 11) is 0. The SMILES string of the molecule is C=CCC(CC#N)(CCc1ccc(Sc2ccc(C)cc2)cc1Cl)C(=O)OCC.CCc1ccccc1. The first-order chi connectivity index (χ1) is 17.9. The van der Waals surface area contributed by atoms with Crippen molar-refractivity contribution in [2.24, 2.45) is 5.41 Å². The van der Waals surface area contributed by atoms with Gasteiger partial charge in [-0.25, -0.2) is 0 Å². The highest BCUT2D eigenvalue weighted by molar-refractivity contribution is 7.99. The molecule has 0 aliphatic heterocycles. The quantitative estimate of drug-likeness (QED) is 0.182. The first-order valence-corrected chi connectivity index (χ1v) is 13.8. The van der Waals surface area contributed by atoms with Crippen LogP contribution < -0.4 is 0 Å². The second-order valence-corrected chi connectivity index (χ2v) is 10.4. The van der Waals surface area contributed by atoms with Crippen LogP contribution in [0.4, 0.5) is 0 Å². The number of hydrogen-bond donors (Lipinski definition) is 0. The second-order valence-electron chi connectivity index (χ2n) is 8.84. The summed E-state index contributed by atoms with van der Waals surface area (Å²) in [5.74, 6) is -0.343. The van der Waals surface area contributed by atoms with Crippen LogP contribution in [0.5, 0.6) is 0 Å². The van der Waals surface area contributed by atoms with E-state index in [1.165, 1.54) is 11.1 Å². The largest absolute Gasteiger partial charge is 0.466 e. The Bertz CT molecular complexity index is 1170. The van der Waals surface area contributed by atoms with Crippen LogP contribution in [0.3, 0.4) is 0 Å². The molecule has 5 heteroatoms. The minimum Gasteiger partial charge on any atom is -0.466 e. The molecule has 3 aromatic carbocycles. The maximum atomic E-state index is 12.6. The highest BCUT2D eigenvalue weighted by atomic mass is 35.5. The molecule has 0 amide bonds. The number of halogens is 1. The van der Waals surface area contributed by atoms with Gasteiger partial charge in [-0.2, -0.15) is 5.26 Å². The van der Waals surface area contributed by atoms with Crippen LogP contribution >= 0.6 is 23.4 Å². The smallest absolute Gasteiger partial charge is 0.313 e.